The summed E-state index contributed by atoms with van der Waals surface area (Å²) in [6.45, 7) is 11.6. The molecule has 0 aromatic heterocycles. The van der Waals surface area contributed by atoms with Crippen molar-refractivity contribution in [1.29, 1.82) is 0 Å². The first-order valence-electron chi connectivity index (χ1n) is 8.04. The van der Waals surface area contributed by atoms with E-state index in [4.69, 9.17) is 9.47 Å². The lowest BCUT2D eigenvalue weighted by Gasteiger charge is -2.01. The molecule has 24 heavy (non-hydrogen) atoms. The van der Waals surface area contributed by atoms with Gasteiger partial charge in [0, 0.05) is 11.1 Å². The van der Waals surface area contributed by atoms with Gasteiger partial charge < -0.3 is 9.47 Å². The molecule has 0 aliphatic heterocycles. The second-order valence-electron chi connectivity index (χ2n) is 5.30. The molecule has 0 heterocycles. The van der Waals surface area contributed by atoms with Gasteiger partial charge >= 0.3 is 11.9 Å². The molecule has 0 aromatic carbocycles. The molecule has 0 spiro atoms. The standard InChI is InChI=1S/C20H28O4/c1-7-23-19(21)17(5)13-15(3)11-9-10-12-16(4)14-18(6)20(22)24-8-2/h9-14H,7-8H2,1-6H3. The van der Waals surface area contributed by atoms with E-state index in [1.54, 1.807) is 39.8 Å². The first kappa shape index (κ1) is 21.6. The highest BCUT2D eigenvalue weighted by atomic mass is 16.5. The summed E-state index contributed by atoms with van der Waals surface area (Å²) in [5, 5.41) is 0. The van der Waals surface area contributed by atoms with Crippen molar-refractivity contribution in [2.75, 3.05) is 13.2 Å². The fourth-order valence-corrected chi connectivity index (χ4v) is 1.80. The monoisotopic (exact) mass is 332 g/mol. The molecule has 0 aliphatic carbocycles. The first-order valence-corrected chi connectivity index (χ1v) is 8.04. The number of hydrogen-bond donors (Lipinski definition) is 0. The van der Waals surface area contributed by atoms with E-state index in [0.717, 1.165) is 11.1 Å². The predicted molar refractivity (Wildman–Crippen MR) is 97.4 cm³/mol. The summed E-state index contributed by atoms with van der Waals surface area (Å²) in [6, 6.07) is 0. The Balaban J connectivity index is 4.79. The molecule has 0 bridgehead atoms. The van der Waals surface area contributed by atoms with Crippen molar-refractivity contribution >= 4 is 11.9 Å². The van der Waals surface area contributed by atoms with Gasteiger partial charge in [-0.3, -0.25) is 0 Å². The van der Waals surface area contributed by atoms with Crippen molar-refractivity contribution < 1.29 is 19.1 Å². The van der Waals surface area contributed by atoms with E-state index < -0.39 is 0 Å². The van der Waals surface area contributed by atoms with Gasteiger partial charge in [-0.05, 0) is 53.7 Å². The lowest BCUT2D eigenvalue weighted by atomic mass is 10.1. The molecule has 0 N–H and O–H groups in total. The third-order valence-corrected chi connectivity index (χ3v) is 2.91. The Morgan fingerprint density at radius 1 is 0.708 bits per heavy atom. The van der Waals surface area contributed by atoms with Crippen LogP contribution >= 0.6 is 0 Å². The van der Waals surface area contributed by atoms with Crippen LogP contribution in [0.5, 0.6) is 0 Å². The van der Waals surface area contributed by atoms with Crippen LogP contribution in [-0.2, 0) is 19.1 Å². The van der Waals surface area contributed by atoms with Crippen molar-refractivity contribution in [2.24, 2.45) is 0 Å². The third-order valence-electron chi connectivity index (χ3n) is 2.91. The summed E-state index contributed by atoms with van der Waals surface area (Å²) in [5.41, 5.74) is 3.03. The maximum Gasteiger partial charge on any atom is 0.333 e. The molecule has 0 radical (unpaired) electrons. The number of ether oxygens (including phenoxy) is 2. The largest absolute Gasteiger partial charge is 0.463 e. The lowest BCUT2D eigenvalue weighted by Crippen LogP contribution is -2.05. The van der Waals surface area contributed by atoms with Gasteiger partial charge in [-0.2, -0.15) is 0 Å². The quantitative estimate of drug-likeness (QED) is 0.374. The van der Waals surface area contributed by atoms with Crippen LogP contribution in [0.2, 0.25) is 0 Å². The van der Waals surface area contributed by atoms with E-state index >= 15 is 0 Å². The van der Waals surface area contributed by atoms with E-state index in [1.165, 1.54) is 0 Å². The highest BCUT2D eigenvalue weighted by Crippen LogP contribution is 2.06. The van der Waals surface area contributed by atoms with Gasteiger partial charge in [0.05, 0.1) is 13.2 Å². The highest BCUT2D eigenvalue weighted by molar-refractivity contribution is 5.88. The topological polar surface area (TPSA) is 52.6 Å². The van der Waals surface area contributed by atoms with Gasteiger partial charge in [-0.15, -0.1) is 0 Å². The van der Waals surface area contributed by atoms with Crippen molar-refractivity contribution in [3.8, 4) is 0 Å². The molecule has 0 fully saturated rings. The van der Waals surface area contributed by atoms with Crippen LogP contribution in [0.1, 0.15) is 41.5 Å². The second-order valence-corrected chi connectivity index (χ2v) is 5.30. The van der Waals surface area contributed by atoms with E-state index in [9.17, 15) is 9.59 Å². The molecule has 4 nitrogen and oxygen atoms in total. The fourth-order valence-electron chi connectivity index (χ4n) is 1.80. The van der Waals surface area contributed by atoms with E-state index in [1.807, 2.05) is 38.2 Å². The summed E-state index contributed by atoms with van der Waals surface area (Å²) in [4.78, 5) is 23.0. The Bertz CT molecular complexity index is 535. The van der Waals surface area contributed by atoms with Crippen LogP contribution in [0.15, 0.2) is 58.7 Å². The molecular formula is C20H28O4. The number of hydrogen-bond acceptors (Lipinski definition) is 4. The molecule has 132 valence electrons. The van der Waals surface area contributed by atoms with Crippen molar-refractivity contribution in [3.63, 3.8) is 0 Å². The van der Waals surface area contributed by atoms with Crippen molar-refractivity contribution in [3.05, 3.63) is 58.7 Å². The zero-order valence-electron chi connectivity index (χ0n) is 15.5. The Morgan fingerprint density at radius 3 is 1.33 bits per heavy atom. The molecule has 0 amide bonds. The van der Waals surface area contributed by atoms with Gasteiger partial charge in [-0.25, -0.2) is 9.59 Å². The lowest BCUT2D eigenvalue weighted by molar-refractivity contribution is -0.139. The minimum absolute atomic E-state index is 0.301. The molecule has 4 heteroatoms. The fraction of sp³-hybridized carbons (Fsp3) is 0.400. The summed E-state index contributed by atoms with van der Waals surface area (Å²) in [7, 11) is 0. The predicted octanol–water partition coefficient (Wildman–Crippen LogP) is 4.45. The van der Waals surface area contributed by atoms with E-state index in [0.29, 0.717) is 24.4 Å². The van der Waals surface area contributed by atoms with Crippen LogP contribution in [0.3, 0.4) is 0 Å². The average Bonchev–Trinajstić information content (AvgIpc) is 2.51. The van der Waals surface area contributed by atoms with Gasteiger partial charge in [0.15, 0.2) is 0 Å². The van der Waals surface area contributed by atoms with Crippen LogP contribution in [-0.4, -0.2) is 25.2 Å². The Kier molecular flexibility index (Phi) is 10.9. The zero-order chi connectivity index (χ0) is 18.5. The maximum atomic E-state index is 11.5. The minimum atomic E-state index is -0.301. The Labute approximate surface area is 145 Å². The van der Waals surface area contributed by atoms with Crippen LogP contribution in [0.4, 0.5) is 0 Å². The molecule has 0 saturated carbocycles. The van der Waals surface area contributed by atoms with Crippen molar-refractivity contribution in [2.45, 2.75) is 41.5 Å². The average molecular weight is 332 g/mol. The molecule has 0 aromatic rings. The summed E-state index contributed by atoms with van der Waals surface area (Å²) >= 11 is 0. The zero-order valence-corrected chi connectivity index (χ0v) is 15.5. The summed E-state index contributed by atoms with van der Waals surface area (Å²) in [6.07, 6.45) is 11.1. The Hall–Kier alpha value is -2.36. The summed E-state index contributed by atoms with van der Waals surface area (Å²) < 4.78 is 9.86. The van der Waals surface area contributed by atoms with Crippen LogP contribution in [0, 0.1) is 0 Å². The highest BCUT2D eigenvalue weighted by Gasteiger charge is 2.04. The second kappa shape index (κ2) is 12.1. The van der Waals surface area contributed by atoms with Crippen molar-refractivity contribution in [1.82, 2.24) is 0 Å². The number of esters is 2. The molecule has 0 unspecified atom stereocenters. The number of allylic oxidation sites excluding steroid dienone is 8. The van der Waals surface area contributed by atoms with Gasteiger partial charge in [0.25, 0.3) is 0 Å². The number of carbonyl (C=O) groups excluding carboxylic acids is 2. The van der Waals surface area contributed by atoms with E-state index in [-0.39, 0.29) is 11.9 Å². The third kappa shape index (κ3) is 9.62. The van der Waals surface area contributed by atoms with Crippen LogP contribution in [0.25, 0.3) is 0 Å². The van der Waals surface area contributed by atoms with Gasteiger partial charge in [-0.1, -0.05) is 35.5 Å². The smallest absolute Gasteiger partial charge is 0.333 e. The SMILES string of the molecule is CCOC(=O)C(C)=CC(C)=CC=CC=C(C)C=C(C)C(=O)OCC. The first-order chi connectivity index (χ1) is 11.3. The molecule has 0 aliphatic rings. The number of carbonyl (C=O) groups is 2. The molecular weight excluding hydrogens is 304 g/mol. The minimum Gasteiger partial charge on any atom is -0.463 e. The molecule has 0 rings (SSSR count). The molecule has 0 atom stereocenters. The van der Waals surface area contributed by atoms with Gasteiger partial charge in [0.1, 0.15) is 0 Å². The van der Waals surface area contributed by atoms with E-state index in [2.05, 4.69) is 0 Å². The molecule has 0 saturated heterocycles. The maximum absolute atomic E-state index is 11.5. The Morgan fingerprint density at radius 2 is 1.04 bits per heavy atom. The van der Waals surface area contributed by atoms with Crippen LogP contribution < -0.4 is 0 Å². The number of rotatable bonds is 8. The normalized spacial score (nSPS) is 14.1. The summed E-state index contributed by atoms with van der Waals surface area (Å²) in [5.74, 6) is -0.603. The van der Waals surface area contributed by atoms with Gasteiger partial charge in [0.2, 0.25) is 0 Å².